The van der Waals surface area contributed by atoms with Crippen LogP contribution in [0.25, 0.3) is 11.3 Å². The van der Waals surface area contributed by atoms with Gasteiger partial charge in [0.15, 0.2) is 0 Å². The topological polar surface area (TPSA) is 67.2 Å². The Kier molecular flexibility index (Phi) is 5.10. The van der Waals surface area contributed by atoms with Crippen molar-refractivity contribution in [1.29, 1.82) is 0 Å². The van der Waals surface area contributed by atoms with Crippen LogP contribution >= 0.6 is 0 Å². The minimum atomic E-state index is -0.593. The summed E-state index contributed by atoms with van der Waals surface area (Å²) in [6.07, 6.45) is 1.66. The van der Waals surface area contributed by atoms with E-state index >= 15 is 0 Å². The summed E-state index contributed by atoms with van der Waals surface area (Å²) < 4.78 is 14.4. The van der Waals surface area contributed by atoms with Gasteiger partial charge in [-0.15, -0.1) is 0 Å². The summed E-state index contributed by atoms with van der Waals surface area (Å²) in [6.45, 7) is 1.64. The molecule has 2 aromatic rings. The van der Waals surface area contributed by atoms with E-state index in [0.717, 1.165) is 5.56 Å². The maximum Gasteiger partial charge on any atom is 0.244 e. The van der Waals surface area contributed by atoms with Gasteiger partial charge in [0, 0.05) is 25.9 Å². The number of rotatable bonds is 5. The minimum absolute atomic E-state index is 0.00619. The van der Waals surface area contributed by atoms with Gasteiger partial charge in [-0.25, -0.2) is 4.39 Å². The van der Waals surface area contributed by atoms with Crippen LogP contribution in [0.3, 0.4) is 0 Å². The Morgan fingerprint density at radius 1 is 1.26 bits per heavy atom. The molecule has 23 heavy (non-hydrogen) atoms. The van der Waals surface area contributed by atoms with Crippen LogP contribution in [0.15, 0.2) is 36.5 Å². The third-order valence-corrected chi connectivity index (χ3v) is 3.27. The zero-order valence-electron chi connectivity index (χ0n) is 13.3. The molecule has 2 amide bonds. The molecule has 0 saturated heterocycles. The minimum Gasteiger partial charge on any atom is -0.347 e. The van der Waals surface area contributed by atoms with Gasteiger partial charge in [-0.05, 0) is 37.3 Å². The Morgan fingerprint density at radius 2 is 1.91 bits per heavy atom. The number of hydrogen-bond acceptors (Lipinski definition) is 3. The molecule has 1 atom stereocenters. The summed E-state index contributed by atoms with van der Waals surface area (Å²) in [5.74, 6) is -0.792. The number of carbonyl (C=O) groups excluding carboxylic acids is 2. The molecule has 1 aromatic heterocycles. The van der Waals surface area contributed by atoms with Crippen molar-refractivity contribution < 1.29 is 14.0 Å². The second-order valence-electron chi connectivity index (χ2n) is 5.43. The summed E-state index contributed by atoms with van der Waals surface area (Å²) in [5.41, 5.74) is 1.41. The van der Waals surface area contributed by atoms with Crippen LogP contribution in [0.2, 0.25) is 0 Å². The number of benzene rings is 1. The van der Waals surface area contributed by atoms with Crippen LogP contribution in [0.5, 0.6) is 0 Å². The van der Waals surface area contributed by atoms with E-state index in [4.69, 9.17) is 0 Å². The van der Waals surface area contributed by atoms with E-state index < -0.39 is 6.04 Å². The van der Waals surface area contributed by atoms with Crippen LogP contribution in [0.1, 0.15) is 6.92 Å². The van der Waals surface area contributed by atoms with Gasteiger partial charge in [-0.3, -0.25) is 14.3 Å². The van der Waals surface area contributed by atoms with Gasteiger partial charge in [-0.2, -0.15) is 5.10 Å². The van der Waals surface area contributed by atoms with Crippen molar-refractivity contribution in [2.45, 2.75) is 19.5 Å². The summed E-state index contributed by atoms with van der Waals surface area (Å²) in [5, 5.41) is 6.90. The van der Waals surface area contributed by atoms with Crippen molar-refractivity contribution in [3.8, 4) is 11.3 Å². The van der Waals surface area contributed by atoms with E-state index in [1.807, 2.05) is 0 Å². The molecule has 0 saturated carbocycles. The highest BCUT2D eigenvalue weighted by Crippen LogP contribution is 2.16. The van der Waals surface area contributed by atoms with Gasteiger partial charge >= 0.3 is 0 Å². The third-order valence-electron chi connectivity index (χ3n) is 3.27. The van der Waals surface area contributed by atoms with E-state index in [1.165, 1.54) is 21.7 Å². The van der Waals surface area contributed by atoms with E-state index in [-0.39, 0.29) is 24.2 Å². The Hall–Kier alpha value is -2.70. The molecule has 0 bridgehead atoms. The second-order valence-corrected chi connectivity index (χ2v) is 5.43. The smallest absolute Gasteiger partial charge is 0.244 e. The van der Waals surface area contributed by atoms with Crippen molar-refractivity contribution in [2.75, 3.05) is 14.1 Å². The second kappa shape index (κ2) is 7.04. The summed E-state index contributed by atoms with van der Waals surface area (Å²) in [7, 11) is 3.26. The number of nitrogens with zero attached hydrogens (tertiary/aromatic N) is 3. The summed E-state index contributed by atoms with van der Waals surface area (Å²) in [4.78, 5) is 25.1. The fourth-order valence-corrected chi connectivity index (χ4v) is 2.11. The molecular weight excluding hydrogens is 299 g/mol. The fraction of sp³-hybridized carbons (Fsp3) is 0.312. The molecule has 0 fully saturated rings. The van der Waals surface area contributed by atoms with Gasteiger partial charge in [0.05, 0.1) is 5.69 Å². The van der Waals surface area contributed by atoms with E-state index in [0.29, 0.717) is 5.69 Å². The predicted octanol–water partition coefficient (Wildman–Crippen LogP) is 1.28. The first-order valence-corrected chi connectivity index (χ1v) is 7.16. The quantitative estimate of drug-likeness (QED) is 0.903. The number of hydrogen-bond donors (Lipinski definition) is 1. The Bertz CT molecular complexity index is 694. The zero-order chi connectivity index (χ0) is 17.0. The Balaban J connectivity index is 1.97. The maximum absolute atomic E-state index is 12.9. The van der Waals surface area contributed by atoms with Crippen molar-refractivity contribution in [3.63, 3.8) is 0 Å². The first-order valence-electron chi connectivity index (χ1n) is 7.16. The Morgan fingerprint density at radius 3 is 2.52 bits per heavy atom. The fourth-order valence-electron chi connectivity index (χ4n) is 2.11. The molecule has 2 rings (SSSR count). The molecule has 122 valence electrons. The van der Waals surface area contributed by atoms with E-state index in [1.54, 1.807) is 45.4 Å². The molecule has 1 aromatic carbocycles. The molecule has 0 aliphatic heterocycles. The summed E-state index contributed by atoms with van der Waals surface area (Å²) in [6, 6.07) is 7.12. The standard InChI is InChI=1S/C16H19FN4O2/c1-11(16(23)20(2)3)18-15(22)10-21-9-8-14(19-21)12-4-6-13(17)7-5-12/h4-9,11H,10H2,1-3H3,(H,18,22). The molecule has 1 N–H and O–H groups in total. The lowest BCUT2D eigenvalue weighted by atomic mass is 10.1. The molecular formula is C16H19FN4O2. The van der Waals surface area contributed by atoms with E-state index in [9.17, 15) is 14.0 Å². The number of likely N-dealkylation sites (N-methyl/N-ethyl adjacent to an activating group) is 1. The molecule has 0 aliphatic rings. The highest BCUT2D eigenvalue weighted by atomic mass is 19.1. The maximum atomic E-state index is 12.9. The summed E-state index contributed by atoms with van der Waals surface area (Å²) >= 11 is 0. The molecule has 0 radical (unpaired) electrons. The third kappa shape index (κ3) is 4.38. The zero-order valence-corrected chi connectivity index (χ0v) is 13.3. The van der Waals surface area contributed by atoms with Crippen LogP contribution in [0, 0.1) is 5.82 Å². The molecule has 0 aliphatic carbocycles. The highest BCUT2D eigenvalue weighted by molar-refractivity contribution is 5.86. The molecule has 0 spiro atoms. The number of amides is 2. The SMILES string of the molecule is CC(NC(=O)Cn1ccc(-c2ccc(F)cc2)n1)C(=O)N(C)C. The van der Waals surface area contributed by atoms with Gasteiger partial charge in [0.2, 0.25) is 11.8 Å². The van der Waals surface area contributed by atoms with Crippen LogP contribution < -0.4 is 5.32 Å². The largest absolute Gasteiger partial charge is 0.347 e. The number of carbonyl (C=O) groups is 2. The molecule has 1 heterocycles. The van der Waals surface area contributed by atoms with E-state index in [2.05, 4.69) is 10.4 Å². The lowest BCUT2D eigenvalue weighted by molar-refractivity contribution is -0.134. The molecule has 7 heteroatoms. The van der Waals surface area contributed by atoms with Gasteiger partial charge in [0.25, 0.3) is 0 Å². The van der Waals surface area contributed by atoms with Gasteiger partial charge < -0.3 is 10.2 Å². The van der Waals surface area contributed by atoms with Crippen molar-refractivity contribution in [2.24, 2.45) is 0 Å². The van der Waals surface area contributed by atoms with Crippen LogP contribution in [0.4, 0.5) is 4.39 Å². The van der Waals surface area contributed by atoms with Gasteiger partial charge in [0.1, 0.15) is 18.4 Å². The first kappa shape index (κ1) is 16.7. The Labute approximate surface area is 133 Å². The van der Waals surface area contributed by atoms with Crippen molar-refractivity contribution in [3.05, 3.63) is 42.3 Å². The predicted molar refractivity (Wildman–Crippen MR) is 83.9 cm³/mol. The molecule has 6 nitrogen and oxygen atoms in total. The average Bonchev–Trinajstić information content (AvgIpc) is 2.95. The average molecular weight is 318 g/mol. The normalized spacial score (nSPS) is 11.8. The number of aromatic nitrogens is 2. The molecule has 1 unspecified atom stereocenters. The monoisotopic (exact) mass is 318 g/mol. The number of halogens is 1. The lowest BCUT2D eigenvalue weighted by Gasteiger charge is -2.17. The number of nitrogens with one attached hydrogen (secondary N) is 1. The first-order chi connectivity index (χ1) is 10.9. The van der Waals surface area contributed by atoms with Crippen molar-refractivity contribution >= 4 is 11.8 Å². The lowest BCUT2D eigenvalue weighted by Crippen LogP contribution is -2.45. The van der Waals surface area contributed by atoms with Crippen molar-refractivity contribution in [1.82, 2.24) is 20.0 Å². The van der Waals surface area contributed by atoms with Crippen LogP contribution in [-0.2, 0) is 16.1 Å². The van der Waals surface area contributed by atoms with Gasteiger partial charge in [-0.1, -0.05) is 0 Å². The van der Waals surface area contributed by atoms with Crippen LogP contribution in [-0.4, -0.2) is 46.6 Å². The highest BCUT2D eigenvalue weighted by Gasteiger charge is 2.17.